The molecular formula is C11H10Cl3IN4. The summed E-state index contributed by atoms with van der Waals surface area (Å²) < 4.78 is -0.581. The summed E-state index contributed by atoms with van der Waals surface area (Å²) in [6, 6.07) is 5.77. The van der Waals surface area contributed by atoms with Gasteiger partial charge in [-0.15, -0.1) is 0 Å². The highest BCUT2D eigenvalue weighted by Gasteiger charge is 2.28. The van der Waals surface area contributed by atoms with E-state index in [1.807, 2.05) is 18.2 Å². The van der Waals surface area contributed by atoms with Crippen LogP contribution in [-0.2, 0) is 3.79 Å². The number of hydrogen-bond donors (Lipinski definition) is 2. The molecule has 1 aromatic heterocycles. The van der Waals surface area contributed by atoms with Gasteiger partial charge in [0.1, 0.15) is 5.82 Å². The molecule has 4 nitrogen and oxygen atoms in total. The number of hydrogen-bond acceptors (Lipinski definition) is 4. The molecule has 0 aliphatic heterocycles. The van der Waals surface area contributed by atoms with E-state index in [0.29, 0.717) is 18.9 Å². The van der Waals surface area contributed by atoms with Crippen molar-refractivity contribution in [3.63, 3.8) is 0 Å². The summed E-state index contributed by atoms with van der Waals surface area (Å²) in [6.45, 7) is 1.06. The van der Waals surface area contributed by atoms with Crippen LogP contribution >= 0.6 is 57.4 Å². The minimum absolute atomic E-state index is 0.144. The quantitative estimate of drug-likeness (QED) is 0.577. The zero-order valence-corrected chi connectivity index (χ0v) is 14.1. The van der Waals surface area contributed by atoms with Crippen LogP contribution in [0.25, 0.3) is 10.9 Å². The van der Waals surface area contributed by atoms with Gasteiger partial charge in [-0.2, -0.15) is 0 Å². The molecule has 0 radical (unpaired) electrons. The topological polar surface area (TPSA) is 63.8 Å². The molecule has 0 amide bonds. The van der Waals surface area contributed by atoms with Gasteiger partial charge in [-0.1, -0.05) is 34.8 Å². The van der Waals surface area contributed by atoms with E-state index in [1.165, 1.54) is 0 Å². The number of rotatable bonds is 3. The van der Waals surface area contributed by atoms with Gasteiger partial charge in [0, 0.05) is 22.0 Å². The molecule has 0 unspecified atom stereocenters. The molecule has 0 saturated heterocycles. The highest BCUT2D eigenvalue weighted by atomic mass is 127. The summed E-state index contributed by atoms with van der Waals surface area (Å²) in [5.74, 6) is 0.765. The highest BCUT2D eigenvalue weighted by Crippen LogP contribution is 2.37. The molecule has 0 spiro atoms. The number of halogens is 4. The minimum Gasteiger partial charge on any atom is -0.368 e. The molecule has 0 aliphatic carbocycles. The number of nitrogens with one attached hydrogen (secondary N) is 1. The summed E-state index contributed by atoms with van der Waals surface area (Å²) in [5, 5.41) is 4.00. The predicted octanol–water partition coefficient (Wildman–Crippen LogP) is 3.43. The Labute approximate surface area is 139 Å². The molecule has 3 N–H and O–H groups in total. The van der Waals surface area contributed by atoms with E-state index in [0.717, 1.165) is 14.5 Å². The van der Waals surface area contributed by atoms with Crippen LogP contribution in [0.4, 0.5) is 5.82 Å². The fraction of sp³-hybridized carbons (Fsp3) is 0.273. The summed E-state index contributed by atoms with van der Waals surface area (Å²) in [7, 11) is 0. The normalized spacial score (nSPS) is 11.8. The molecule has 0 saturated carbocycles. The van der Waals surface area contributed by atoms with Gasteiger partial charge in [0.2, 0.25) is 3.79 Å². The molecule has 2 rings (SSSR count). The van der Waals surface area contributed by atoms with Gasteiger partial charge >= 0.3 is 0 Å². The summed E-state index contributed by atoms with van der Waals surface area (Å²) in [5.41, 5.74) is 6.21. The van der Waals surface area contributed by atoms with Crippen LogP contribution < -0.4 is 11.1 Å². The average molecular weight is 431 g/mol. The average Bonchev–Trinajstić information content (AvgIpc) is 2.34. The van der Waals surface area contributed by atoms with E-state index in [-0.39, 0.29) is 5.82 Å². The standard InChI is InChI=1S/C11H10Cl3IN4/c12-11(13,14)10-18-8-2-1-6(15)5-7(8)9(19-10)17-4-3-16/h1-2,5H,3-4,16H2,(H,17,18,19). The van der Waals surface area contributed by atoms with Crippen molar-refractivity contribution in [2.75, 3.05) is 18.4 Å². The number of nitrogens with zero attached hydrogens (tertiary/aromatic N) is 2. The smallest absolute Gasteiger partial charge is 0.250 e. The first kappa shape index (κ1) is 15.3. The largest absolute Gasteiger partial charge is 0.368 e. The number of alkyl halides is 3. The van der Waals surface area contributed by atoms with E-state index in [4.69, 9.17) is 40.5 Å². The molecule has 102 valence electrons. The van der Waals surface area contributed by atoms with E-state index in [2.05, 4.69) is 37.9 Å². The number of nitrogens with two attached hydrogens (primary N) is 1. The molecule has 1 aromatic carbocycles. The van der Waals surface area contributed by atoms with Crippen LogP contribution in [-0.4, -0.2) is 23.1 Å². The van der Waals surface area contributed by atoms with E-state index >= 15 is 0 Å². The molecule has 0 aliphatic rings. The van der Waals surface area contributed by atoms with Gasteiger partial charge in [0.15, 0.2) is 5.82 Å². The van der Waals surface area contributed by atoms with Gasteiger partial charge in [-0.05, 0) is 40.8 Å². The molecule has 1 heterocycles. The van der Waals surface area contributed by atoms with Gasteiger partial charge in [0.25, 0.3) is 0 Å². The molecule has 0 fully saturated rings. The second-order valence-electron chi connectivity index (χ2n) is 3.77. The van der Waals surface area contributed by atoms with Crippen molar-refractivity contribution in [2.45, 2.75) is 3.79 Å². The zero-order valence-electron chi connectivity index (χ0n) is 9.63. The first-order chi connectivity index (χ1) is 8.91. The Hall–Kier alpha value is -0.0800. The highest BCUT2D eigenvalue weighted by molar-refractivity contribution is 14.1. The lowest BCUT2D eigenvalue weighted by atomic mass is 10.2. The van der Waals surface area contributed by atoms with Crippen LogP contribution in [0, 0.1) is 3.57 Å². The number of aromatic nitrogens is 2. The fourth-order valence-corrected chi connectivity index (χ4v) is 2.30. The van der Waals surface area contributed by atoms with Crippen LogP contribution in [0.3, 0.4) is 0 Å². The summed E-state index contributed by atoms with van der Waals surface area (Å²) in [6.07, 6.45) is 0. The Morgan fingerprint density at radius 1 is 1.26 bits per heavy atom. The van der Waals surface area contributed by atoms with Gasteiger partial charge < -0.3 is 11.1 Å². The third-order valence-electron chi connectivity index (χ3n) is 2.35. The maximum atomic E-state index is 5.85. The van der Waals surface area contributed by atoms with Crippen LogP contribution in [0.5, 0.6) is 0 Å². The molecule has 2 aromatic rings. The lowest BCUT2D eigenvalue weighted by molar-refractivity contribution is 0.967. The monoisotopic (exact) mass is 430 g/mol. The van der Waals surface area contributed by atoms with Crippen molar-refractivity contribution in [3.05, 3.63) is 27.6 Å². The lowest BCUT2D eigenvalue weighted by Crippen LogP contribution is -2.16. The summed E-state index contributed by atoms with van der Waals surface area (Å²) in [4.78, 5) is 8.55. The third-order valence-corrected chi connectivity index (χ3v) is 3.53. The van der Waals surface area contributed by atoms with Gasteiger partial charge in [-0.3, -0.25) is 0 Å². The Bertz CT molecular complexity index is 600. The Morgan fingerprint density at radius 3 is 2.63 bits per heavy atom. The van der Waals surface area contributed by atoms with E-state index < -0.39 is 3.79 Å². The fourth-order valence-electron chi connectivity index (χ4n) is 1.55. The first-order valence-electron chi connectivity index (χ1n) is 5.40. The van der Waals surface area contributed by atoms with E-state index in [1.54, 1.807) is 0 Å². The summed E-state index contributed by atoms with van der Waals surface area (Å²) >= 11 is 19.8. The van der Waals surface area contributed by atoms with Crippen LogP contribution in [0.15, 0.2) is 18.2 Å². The van der Waals surface area contributed by atoms with Gasteiger partial charge in [0.05, 0.1) is 5.52 Å². The molecule has 0 atom stereocenters. The number of anilines is 1. The van der Waals surface area contributed by atoms with Crippen molar-refractivity contribution in [1.82, 2.24) is 9.97 Å². The molecule has 19 heavy (non-hydrogen) atoms. The second-order valence-corrected chi connectivity index (χ2v) is 7.30. The molecule has 0 bridgehead atoms. The Kier molecular flexibility index (Phi) is 4.94. The van der Waals surface area contributed by atoms with Crippen molar-refractivity contribution < 1.29 is 0 Å². The minimum atomic E-state index is -1.66. The predicted molar refractivity (Wildman–Crippen MR) is 89.0 cm³/mol. The lowest BCUT2D eigenvalue weighted by Gasteiger charge is -2.14. The van der Waals surface area contributed by atoms with Crippen molar-refractivity contribution >= 4 is 74.1 Å². The van der Waals surface area contributed by atoms with Gasteiger partial charge in [-0.25, -0.2) is 9.97 Å². The molecule has 8 heteroatoms. The van der Waals surface area contributed by atoms with E-state index in [9.17, 15) is 0 Å². The maximum absolute atomic E-state index is 5.85. The first-order valence-corrected chi connectivity index (χ1v) is 7.61. The van der Waals surface area contributed by atoms with Crippen molar-refractivity contribution in [2.24, 2.45) is 5.73 Å². The SMILES string of the molecule is NCCNc1nc(C(Cl)(Cl)Cl)nc2ccc(I)cc12. The van der Waals surface area contributed by atoms with Crippen LogP contribution in [0.2, 0.25) is 0 Å². The van der Waals surface area contributed by atoms with Crippen LogP contribution in [0.1, 0.15) is 5.82 Å². The molecular weight excluding hydrogens is 421 g/mol. The number of benzene rings is 1. The maximum Gasteiger partial charge on any atom is 0.250 e. The zero-order chi connectivity index (χ0) is 14.0. The van der Waals surface area contributed by atoms with Crippen molar-refractivity contribution in [3.8, 4) is 0 Å². The second kappa shape index (κ2) is 6.13. The Morgan fingerprint density at radius 2 is 2.00 bits per heavy atom. The Balaban J connectivity index is 2.62. The number of fused-ring (bicyclic) bond motifs is 1. The van der Waals surface area contributed by atoms with Crippen molar-refractivity contribution in [1.29, 1.82) is 0 Å². The third kappa shape index (κ3) is 3.72.